The first-order valence-corrected chi connectivity index (χ1v) is 8.17. The molecule has 1 aromatic carbocycles. The van der Waals surface area contributed by atoms with Crippen molar-refractivity contribution in [2.45, 2.75) is 70.9 Å². The number of aliphatic hydroxyl groups excluding tert-OH is 1. The molecule has 0 saturated carbocycles. The highest BCUT2D eigenvalue weighted by atomic mass is 16.3. The van der Waals surface area contributed by atoms with Gasteiger partial charge in [-0.3, -0.25) is 0 Å². The highest BCUT2D eigenvalue weighted by Gasteiger charge is 2.11. The number of hydrogen-bond acceptors (Lipinski definition) is 2. The quantitative estimate of drug-likeness (QED) is 0.601. The van der Waals surface area contributed by atoms with Crippen molar-refractivity contribution in [2.75, 3.05) is 6.61 Å². The summed E-state index contributed by atoms with van der Waals surface area (Å²) >= 11 is 0. The summed E-state index contributed by atoms with van der Waals surface area (Å²) < 4.78 is 0. The van der Waals surface area contributed by atoms with Gasteiger partial charge >= 0.3 is 0 Å². The van der Waals surface area contributed by atoms with Crippen LogP contribution >= 0.6 is 0 Å². The molecular weight excluding hydrogens is 246 g/mol. The molecule has 20 heavy (non-hydrogen) atoms. The minimum absolute atomic E-state index is 0.169. The lowest BCUT2D eigenvalue weighted by molar-refractivity contribution is 0.229. The van der Waals surface area contributed by atoms with Gasteiger partial charge in [-0.2, -0.15) is 0 Å². The van der Waals surface area contributed by atoms with Crippen LogP contribution in [0.3, 0.4) is 0 Å². The summed E-state index contributed by atoms with van der Waals surface area (Å²) in [7, 11) is 0. The largest absolute Gasteiger partial charge is 0.395 e. The number of hydrogen-bond donors (Lipinski definition) is 2. The molecule has 0 radical (unpaired) electrons. The molecule has 0 bridgehead atoms. The van der Waals surface area contributed by atoms with Gasteiger partial charge in [-0.05, 0) is 25.3 Å². The second-order valence-electron chi connectivity index (χ2n) is 5.84. The molecule has 114 valence electrons. The maximum atomic E-state index is 9.52. The van der Waals surface area contributed by atoms with Crippen molar-refractivity contribution in [1.29, 1.82) is 0 Å². The Hall–Kier alpha value is -0.860. The molecule has 0 heterocycles. The van der Waals surface area contributed by atoms with Gasteiger partial charge in [-0.1, -0.05) is 69.4 Å². The Balaban J connectivity index is 2.22. The van der Waals surface area contributed by atoms with E-state index in [1.165, 1.54) is 44.1 Å². The summed E-state index contributed by atoms with van der Waals surface area (Å²) in [5, 5.41) is 13.1. The van der Waals surface area contributed by atoms with Gasteiger partial charge < -0.3 is 10.4 Å². The van der Waals surface area contributed by atoms with Crippen molar-refractivity contribution in [2.24, 2.45) is 0 Å². The Labute approximate surface area is 124 Å². The van der Waals surface area contributed by atoms with E-state index < -0.39 is 0 Å². The summed E-state index contributed by atoms with van der Waals surface area (Å²) in [5.41, 5.74) is 1.29. The standard InChI is InChI=1S/C18H31NO/c1-3-4-5-6-8-11-16(2)19-18(15-20)14-17-12-9-7-10-13-17/h7,9-10,12-13,16,18-20H,3-6,8,11,14-15H2,1-2H3/t16?,18-/m0/s1. The van der Waals surface area contributed by atoms with Gasteiger partial charge in [0.2, 0.25) is 0 Å². The molecule has 2 heteroatoms. The van der Waals surface area contributed by atoms with Crippen molar-refractivity contribution < 1.29 is 5.11 Å². The highest BCUT2D eigenvalue weighted by Crippen LogP contribution is 2.09. The van der Waals surface area contributed by atoms with Gasteiger partial charge in [-0.15, -0.1) is 0 Å². The van der Waals surface area contributed by atoms with E-state index in [1.54, 1.807) is 0 Å². The zero-order valence-electron chi connectivity index (χ0n) is 13.1. The normalized spacial score (nSPS) is 14.2. The predicted molar refractivity (Wildman–Crippen MR) is 87.0 cm³/mol. The van der Waals surface area contributed by atoms with Crippen molar-refractivity contribution in [3.05, 3.63) is 35.9 Å². The fraction of sp³-hybridized carbons (Fsp3) is 0.667. The zero-order chi connectivity index (χ0) is 14.6. The van der Waals surface area contributed by atoms with Crippen LogP contribution in [0, 0.1) is 0 Å². The summed E-state index contributed by atoms with van der Waals surface area (Å²) in [6.07, 6.45) is 8.75. The average Bonchev–Trinajstić information content (AvgIpc) is 2.47. The number of benzene rings is 1. The van der Waals surface area contributed by atoms with E-state index in [9.17, 15) is 5.11 Å². The first-order valence-electron chi connectivity index (χ1n) is 8.17. The third-order valence-electron chi connectivity index (χ3n) is 3.81. The van der Waals surface area contributed by atoms with E-state index >= 15 is 0 Å². The second kappa shape index (κ2) is 10.9. The average molecular weight is 277 g/mol. The molecule has 0 spiro atoms. The Bertz CT molecular complexity index is 325. The lowest BCUT2D eigenvalue weighted by atomic mass is 10.0. The molecule has 2 nitrogen and oxygen atoms in total. The van der Waals surface area contributed by atoms with E-state index in [-0.39, 0.29) is 12.6 Å². The molecule has 1 aromatic rings. The van der Waals surface area contributed by atoms with Crippen LogP contribution in [0.4, 0.5) is 0 Å². The smallest absolute Gasteiger partial charge is 0.0587 e. The monoisotopic (exact) mass is 277 g/mol. The molecule has 0 saturated heterocycles. The Morgan fingerprint density at radius 2 is 1.75 bits per heavy atom. The Morgan fingerprint density at radius 3 is 2.40 bits per heavy atom. The van der Waals surface area contributed by atoms with E-state index in [1.807, 2.05) is 6.07 Å². The van der Waals surface area contributed by atoms with Gasteiger partial charge in [0, 0.05) is 12.1 Å². The van der Waals surface area contributed by atoms with Crippen LogP contribution in [0.5, 0.6) is 0 Å². The lowest BCUT2D eigenvalue weighted by Gasteiger charge is -2.22. The van der Waals surface area contributed by atoms with Crippen LogP contribution in [0.25, 0.3) is 0 Å². The minimum Gasteiger partial charge on any atom is -0.395 e. The maximum absolute atomic E-state index is 9.52. The Morgan fingerprint density at radius 1 is 1.05 bits per heavy atom. The summed E-state index contributed by atoms with van der Waals surface area (Å²) in [6, 6.07) is 11.0. The van der Waals surface area contributed by atoms with Gasteiger partial charge in [0.25, 0.3) is 0 Å². The second-order valence-corrected chi connectivity index (χ2v) is 5.84. The SMILES string of the molecule is CCCCCCCC(C)N[C@H](CO)Cc1ccccc1. The molecule has 1 rings (SSSR count). The first-order chi connectivity index (χ1) is 9.76. The Kier molecular flexibility index (Phi) is 9.35. The molecule has 2 N–H and O–H groups in total. The summed E-state index contributed by atoms with van der Waals surface area (Å²) in [5.74, 6) is 0. The summed E-state index contributed by atoms with van der Waals surface area (Å²) in [4.78, 5) is 0. The van der Waals surface area contributed by atoms with Crippen molar-refractivity contribution in [3.8, 4) is 0 Å². The zero-order valence-corrected chi connectivity index (χ0v) is 13.1. The van der Waals surface area contributed by atoms with E-state index in [4.69, 9.17) is 0 Å². The molecule has 0 aliphatic rings. The van der Waals surface area contributed by atoms with Gasteiger partial charge in [0.1, 0.15) is 0 Å². The summed E-state index contributed by atoms with van der Waals surface area (Å²) in [6.45, 7) is 4.68. The predicted octanol–water partition coefficient (Wildman–Crippen LogP) is 3.93. The molecule has 0 aromatic heterocycles. The molecule has 0 fully saturated rings. The highest BCUT2D eigenvalue weighted by molar-refractivity contribution is 5.15. The lowest BCUT2D eigenvalue weighted by Crippen LogP contribution is -2.40. The van der Waals surface area contributed by atoms with E-state index in [0.29, 0.717) is 6.04 Å². The van der Waals surface area contributed by atoms with Crippen molar-refractivity contribution in [3.63, 3.8) is 0 Å². The van der Waals surface area contributed by atoms with Crippen LogP contribution in [0.2, 0.25) is 0 Å². The fourth-order valence-electron chi connectivity index (χ4n) is 2.61. The van der Waals surface area contributed by atoms with Crippen molar-refractivity contribution >= 4 is 0 Å². The van der Waals surface area contributed by atoms with E-state index in [0.717, 1.165) is 6.42 Å². The first kappa shape index (κ1) is 17.2. The number of nitrogens with one attached hydrogen (secondary N) is 1. The third kappa shape index (κ3) is 7.66. The van der Waals surface area contributed by atoms with Gasteiger partial charge in [0.05, 0.1) is 6.61 Å². The van der Waals surface area contributed by atoms with Gasteiger partial charge in [-0.25, -0.2) is 0 Å². The van der Waals surface area contributed by atoms with Crippen LogP contribution in [-0.2, 0) is 6.42 Å². The van der Waals surface area contributed by atoms with Gasteiger partial charge in [0.15, 0.2) is 0 Å². The van der Waals surface area contributed by atoms with Crippen LogP contribution < -0.4 is 5.32 Å². The molecule has 1 unspecified atom stereocenters. The molecule has 0 aliphatic heterocycles. The maximum Gasteiger partial charge on any atom is 0.0587 e. The van der Waals surface area contributed by atoms with E-state index in [2.05, 4.69) is 43.4 Å². The van der Waals surface area contributed by atoms with Crippen LogP contribution in [0.15, 0.2) is 30.3 Å². The molecule has 0 aliphatic carbocycles. The van der Waals surface area contributed by atoms with Crippen molar-refractivity contribution in [1.82, 2.24) is 5.32 Å². The molecular formula is C18H31NO. The molecule has 0 amide bonds. The van der Waals surface area contributed by atoms with Crippen LogP contribution in [-0.4, -0.2) is 23.8 Å². The third-order valence-corrected chi connectivity index (χ3v) is 3.81. The number of unbranched alkanes of at least 4 members (excludes halogenated alkanes) is 4. The fourth-order valence-corrected chi connectivity index (χ4v) is 2.61. The molecule has 2 atom stereocenters. The minimum atomic E-state index is 0.169. The number of aliphatic hydroxyl groups is 1. The number of rotatable bonds is 11. The topological polar surface area (TPSA) is 32.3 Å². The van der Waals surface area contributed by atoms with Crippen LogP contribution in [0.1, 0.15) is 57.9 Å².